The number of phenols is 1. The van der Waals surface area contributed by atoms with Crippen LogP contribution in [0.15, 0.2) is 77.1 Å². The van der Waals surface area contributed by atoms with Crippen LogP contribution in [0.3, 0.4) is 0 Å². The number of pyridine rings is 1. The summed E-state index contributed by atoms with van der Waals surface area (Å²) in [6.45, 7) is 0. The molecule has 0 spiro atoms. The Morgan fingerprint density at radius 2 is 1.69 bits per heavy atom. The summed E-state index contributed by atoms with van der Waals surface area (Å²) in [6.07, 6.45) is 2.25. The Morgan fingerprint density at radius 3 is 2.38 bits per heavy atom. The van der Waals surface area contributed by atoms with Crippen LogP contribution < -0.4 is 0 Å². The number of carboxylic acids is 1. The lowest BCUT2D eigenvalue weighted by Crippen LogP contribution is -1.99. The van der Waals surface area contributed by atoms with Crippen LogP contribution in [0.1, 0.15) is 16.8 Å². The predicted octanol–water partition coefficient (Wildman–Crippen LogP) is 4.42. The topological polar surface area (TPSA) is 95.1 Å². The van der Waals surface area contributed by atoms with Crippen molar-refractivity contribution in [1.29, 1.82) is 0 Å². The van der Waals surface area contributed by atoms with Crippen molar-refractivity contribution in [2.75, 3.05) is 0 Å². The van der Waals surface area contributed by atoms with Crippen molar-refractivity contribution in [2.24, 2.45) is 10.2 Å². The fourth-order valence-electron chi connectivity index (χ4n) is 2.45. The van der Waals surface area contributed by atoms with Crippen molar-refractivity contribution in [2.45, 2.75) is 12.8 Å². The molecule has 1 aromatic heterocycles. The lowest BCUT2D eigenvalue weighted by Gasteiger charge is -2.03. The summed E-state index contributed by atoms with van der Waals surface area (Å²) in [5.41, 5.74) is 3.59. The first-order chi connectivity index (χ1) is 12.6. The maximum atomic E-state index is 10.8. The molecular formula is C20H17N3O3. The number of nitrogens with zero attached hydrogens (tertiary/aromatic N) is 3. The fraction of sp³-hybridized carbons (Fsp3) is 0.100. The van der Waals surface area contributed by atoms with Gasteiger partial charge in [0, 0.05) is 23.9 Å². The molecule has 0 aliphatic rings. The van der Waals surface area contributed by atoms with E-state index in [1.807, 2.05) is 42.5 Å². The van der Waals surface area contributed by atoms with Crippen LogP contribution in [0.4, 0.5) is 11.4 Å². The van der Waals surface area contributed by atoms with Crippen LogP contribution in [-0.2, 0) is 17.6 Å². The van der Waals surface area contributed by atoms with Gasteiger partial charge in [0.1, 0.15) is 5.75 Å². The molecule has 0 saturated carbocycles. The summed E-state index contributed by atoms with van der Waals surface area (Å²) in [4.78, 5) is 15.1. The van der Waals surface area contributed by atoms with Gasteiger partial charge < -0.3 is 10.2 Å². The Hall–Kier alpha value is -3.54. The van der Waals surface area contributed by atoms with Crippen molar-refractivity contribution in [3.05, 3.63) is 83.7 Å². The van der Waals surface area contributed by atoms with E-state index in [4.69, 9.17) is 5.11 Å². The van der Waals surface area contributed by atoms with Crippen LogP contribution in [0.5, 0.6) is 5.75 Å². The Balaban J connectivity index is 1.70. The normalized spacial score (nSPS) is 10.9. The number of aliphatic carboxylic acids is 1. The lowest BCUT2D eigenvalue weighted by molar-refractivity contribution is -0.136. The molecule has 3 aromatic rings. The zero-order valence-corrected chi connectivity index (χ0v) is 13.9. The Morgan fingerprint density at radius 1 is 0.962 bits per heavy atom. The number of phenolic OH excluding ortho intramolecular Hbond substituents is 1. The summed E-state index contributed by atoms with van der Waals surface area (Å²) < 4.78 is 0. The minimum atomic E-state index is -1.02. The lowest BCUT2D eigenvalue weighted by atomic mass is 10.1. The average molecular weight is 347 g/mol. The first-order valence-electron chi connectivity index (χ1n) is 8.04. The van der Waals surface area contributed by atoms with Crippen LogP contribution in [0.25, 0.3) is 0 Å². The SMILES string of the molecule is O=C(O)Cc1cc(N=Nc2ccc(Cc3ccccn3)cc2)ccc1O. The molecule has 2 N–H and O–H groups in total. The average Bonchev–Trinajstić information content (AvgIpc) is 2.64. The molecule has 0 saturated heterocycles. The molecular weight excluding hydrogens is 330 g/mol. The van der Waals surface area contributed by atoms with E-state index in [9.17, 15) is 9.90 Å². The Bertz CT molecular complexity index is 923. The van der Waals surface area contributed by atoms with Gasteiger partial charge in [-0.2, -0.15) is 10.2 Å². The molecule has 130 valence electrons. The molecule has 1 heterocycles. The molecule has 3 rings (SSSR count). The zero-order chi connectivity index (χ0) is 18.4. The first-order valence-corrected chi connectivity index (χ1v) is 8.04. The van der Waals surface area contributed by atoms with Gasteiger partial charge in [0.25, 0.3) is 0 Å². The third kappa shape index (κ3) is 4.73. The number of hydrogen-bond donors (Lipinski definition) is 2. The third-order valence-electron chi connectivity index (χ3n) is 3.73. The van der Waals surface area contributed by atoms with Gasteiger partial charge in [0.2, 0.25) is 0 Å². The van der Waals surface area contributed by atoms with Gasteiger partial charge in [-0.15, -0.1) is 0 Å². The maximum Gasteiger partial charge on any atom is 0.307 e. The largest absolute Gasteiger partial charge is 0.508 e. The molecule has 26 heavy (non-hydrogen) atoms. The van der Waals surface area contributed by atoms with E-state index in [-0.39, 0.29) is 12.2 Å². The molecule has 0 aliphatic heterocycles. The highest BCUT2D eigenvalue weighted by Gasteiger charge is 2.07. The van der Waals surface area contributed by atoms with E-state index in [0.29, 0.717) is 16.9 Å². The molecule has 6 nitrogen and oxygen atoms in total. The minimum Gasteiger partial charge on any atom is -0.508 e. The van der Waals surface area contributed by atoms with Crippen molar-refractivity contribution in [1.82, 2.24) is 4.98 Å². The number of aromatic hydroxyl groups is 1. The van der Waals surface area contributed by atoms with E-state index >= 15 is 0 Å². The van der Waals surface area contributed by atoms with Gasteiger partial charge in [-0.1, -0.05) is 18.2 Å². The van der Waals surface area contributed by atoms with Crippen molar-refractivity contribution in [3.8, 4) is 5.75 Å². The number of carbonyl (C=O) groups is 1. The molecule has 0 bridgehead atoms. The molecule has 0 amide bonds. The second kappa shape index (κ2) is 8.02. The van der Waals surface area contributed by atoms with Gasteiger partial charge >= 0.3 is 5.97 Å². The summed E-state index contributed by atoms with van der Waals surface area (Å²) in [6, 6.07) is 18.0. The quantitative estimate of drug-likeness (QED) is 0.645. The monoisotopic (exact) mass is 347 g/mol. The fourth-order valence-corrected chi connectivity index (χ4v) is 2.45. The first kappa shape index (κ1) is 17.3. The van der Waals surface area contributed by atoms with Gasteiger partial charge in [0.15, 0.2) is 0 Å². The third-order valence-corrected chi connectivity index (χ3v) is 3.73. The Kier molecular flexibility index (Phi) is 5.34. The number of rotatable bonds is 6. The van der Waals surface area contributed by atoms with Crippen molar-refractivity contribution in [3.63, 3.8) is 0 Å². The van der Waals surface area contributed by atoms with Crippen molar-refractivity contribution >= 4 is 17.3 Å². The number of hydrogen-bond acceptors (Lipinski definition) is 5. The number of carboxylic acid groups (broad SMARTS) is 1. The predicted molar refractivity (Wildman–Crippen MR) is 97.1 cm³/mol. The maximum absolute atomic E-state index is 10.8. The van der Waals surface area contributed by atoms with Gasteiger partial charge in [-0.25, -0.2) is 0 Å². The second-order valence-electron chi connectivity index (χ2n) is 5.75. The summed E-state index contributed by atoms with van der Waals surface area (Å²) in [7, 11) is 0. The molecule has 2 aromatic carbocycles. The zero-order valence-electron chi connectivity index (χ0n) is 13.9. The van der Waals surface area contributed by atoms with E-state index in [1.54, 1.807) is 12.3 Å². The van der Waals surface area contributed by atoms with E-state index < -0.39 is 5.97 Å². The molecule has 0 fully saturated rings. The van der Waals surface area contributed by atoms with Gasteiger partial charge in [0.05, 0.1) is 17.8 Å². The van der Waals surface area contributed by atoms with Gasteiger partial charge in [-0.3, -0.25) is 9.78 Å². The molecule has 0 radical (unpaired) electrons. The molecule has 6 heteroatoms. The number of azo groups is 1. The number of aromatic nitrogens is 1. The highest BCUT2D eigenvalue weighted by Crippen LogP contribution is 2.25. The second-order valence-corrected chi connectivity index (χ2v) is 5.75. The molecule has 0 unspecified atom stereocenters. The summed E-state index contributed by atoms with van der Waals surface area (Å²) >= 11 is 0. The van der Waals surface area contributed by atoms with E-state index in [0.717, 1.165) is 17.7 Å². The minimum absolute atomic E-state index is 0.0646. The van der Waals surface area contributed by atoms with Crippen LogP contribution in [0.2, 0.25) is 0 Å². The highest BCUT2D eigenvalue weighted by molar-refractivity contribution is 5.72. The van der Waals surface area contributed by atoms with E-state index in [1.165, 1.54) is 12.1 Å². The van der Waals surface area contributed by atoms with Crippen LogP contribution >= 0.6 is 0 Å². The number of benzene rings is 2. The highest BCUT2D eigenvalue weighted by atomic mass is 16.4. The van der Waals surface area contributed by atoms with Gasteiger partial charge in [-0.05, 0) is 48.0 Å². The Labute approximate surface area is 150 Å². The van der Waals surface area contributed by atoms with Crippen LogP contribution in [0, 0.1) is 0 Å². The standard InChI is InChI=1S/C20H17N3O3/c24-19-9-8-18(12-15(19)13-20(25)26)23-22-16-6-4-14(5-7-16)11-17-3-1-2-10-21-17/h1-10,12,24H,11,13H2,(H,25,26). The summed E-state index contributed by atoms with van der Waals surface area (Å²) in [5.74, 6) is -1.08. The van der Waals surface area contributed by atoms with Crippen LogP contribution in [-0.4, -0.2) is 21.2 Å². The molecule has 0 atom stereocenters. The summed E-state index contributed by atoms with van der Waals surface area (Å²) in [5, 5.41) is 26.8. The van der Waals surface area contributed by atoms with Crippen molar-refractivity contribution < 1.29 is 15.0 Å². The molecule has 0 aliphatic carbocycles. The van der Waals surface area contributed by atoms with E-state index in [2.05, 4.69) is 15.2 Å². The smallest absolute Gasteiger partial charge is 0.307 e.